The first-order valence-corrected chi connectivity index (χ1v) is 8.46. The number of hydrogen-bond acceptors (Lipinski definition) is 4. The molecule has 4 nitrogen and oxygen atoms in total. The summed E-state index contributed by atoms with van der Waals surface area (Å²) in [4.78, 5) is 0. The monoisotopic (exact) mass is 277 g/mol. The minimum atomic E-state index is -0.519. The van der Waals surface area contributed by atoms with Crippen LogP contribution < -0.4 is 5.32 Å². The van der Waals surface area contributed by atoms with Gasteiger partial charge in [0.25, 0.3) is 0 Å². The van der Waals surface area contributed by atoms with Crippen LogP contribution in [0.5, 0.6) is 0 Å². The molecule has 5 heteroatoms. The van der Waals surface area contributed by atoms with Crippen molar-refractivity contribution in [1.82, 2.24) is 14.7 Å². The van der Waals surface area contributed by atoms with Gasteiger partial charge in [0, 0.05) is 33.3 Å². The van der Waals surface area contributed by atoms with E-state index in [-0.39, 0.29) is 0 Å². The molecule has 1 aliphatic heterocycles. The third kappa shape index (κ3) is 7.01. The fourth-order valence-corrected chi connectivity index (χ4v) is 3.75. The van der Waals surface area contributed by atoms with Gasteiger partial charge in [-0.25, -0.2) is 9.34 Å². The second-order valence-corrected chi connectivity index (χ2v) is 6.17. The number of nitrogens with one attached hydrogen (secondary N) is 1. The van der Waals surface area contributed by atoms with E-state index in [0.717, 1.165) is 26.2 Å². The third-order valence-corrected chi connectivity index (χ3v) is 5.49. The van der Waals surface area contributed by atoms with E-state index in [9.17, 15) is 0 Å². The van der Waals surface area contributed by atoms with E-state index in [1.54, 1.807) is 0 Å². The Balaban J connectivity index is 0.000000473. The van der Waals surface area contributed by atoms with Crippen LogP contribution in [-0.4, -0.2) is 55.7 Å². The topological polar surface area (TPSA) is 27.7 Å². The highest BCUT2D eigenvalue weighted by atomic mass is 31.2. The predicted octanol–water partition coefficient (Wildman–Crippen LogP) is 2.91. The van der Waals surface area contributed by atoms with E-state index < -0.39 is 8.45 Å². The van der Waals surface area contributed by atoms with E-state index in [1.165, 1.54) is 25.9 Å². The molecule has 0 aromatic rings. The second kappa shape index (κ2) is 12.3. The molecule has 0 atom stereocenters. The van der Waals surface area contributed by atoms with Crippen LogP contribution in [0.1, 0.15) is 40.5 Å². The van der Waals surface area contributed by atoms with Crippen LogP contribution in [0.25, 0.3) is 0 Å². The summed E-state index contributed by atoms with van der Waals surface area (Å²) in [5.74, 6) is 0. The van der Waals surface area contributed by atoms with Crippen LogP contribution in [0, 0.1) is 0 Å². The maximum absolute atomic E-state index is 5.55. The minimum absolute atomic E-state index is 0.519. The van der Waals surface area contributed by atoms with Crippen molar-refractivity contribution in [2.75, 3.05) is 46.4 Å². The van der Waals surface area contributed by atoms with Crippen molar-refractivity contribution in [2.24, 2.45) is 0 Å². The largest absolute Gasteiger partial charge is 0.335 e. The maximum atomic E-state index is 5.55. The Hall–Kier alpha value is 0.270. The van der Waals surface area contributed by atoms with Crippen molar-refractivity contribution in [1.29, 1.82) is 0 Å². The molecule has 0 bridgehead atoms. The van der Waals surface area contributed by atoms with Crippen molar-refractivity contribution < 1.29 is 4.52 Å². The van der Waals surface area contributed by atoms with Crippen LogP contribution in [0.4, 0.5) is 0 Å². The summed E-state index contributed by atoms with van der Waals surface area (Å²) in [6.45, 7) is 15.5. The zero-order valence-corrected chi connectivity index (χ0v) is 13.8. The van der Waals surface area contributed by atoms with E-state index in [4.69, 9.17) is 4.52 Å². The van der Waals surface area contributed by atoms with Gasteiger partial charge in [-0.05, 0) is 25.9 Å². The lowest BCUT2D eigenvalue weighted by atomic mass is 10.4. The summed E-state index contributed by atoms with van der Waals surface area (Å²) in [6.07, 6.45) is 2.78. The molecule has 18 heavy (non-hydrogen) atoms. The molecule has 1 aliphatic rings. The Morgan fingerprint density at radius 1 is 0.889 bits per heavy atom. The summed E-state index contributed by atoms with van der Waals surface area (Å²) in [5.41, 5.74) is 0. The van der Waals surface area contributed by atoms with Gasteiger partial charge in [-0.1, -0.05) is 27.7 Å². The Bertz CT molecular complexity index is 152. The van der Waals surface area contributed by atoms with Gasteiger partial charge in [0.05, 0.1) is 0 Å². The molecule has 0 unspecified atom stereocenters. The highest BCUT2D eigenvalue weighted by Gasteiger charge is 2.21. The molecule has 0 aliphatic carbocycles. The van der Waals surface area contributed by atoms with Crippen molar-refractivity contribution in [2.45, 2.75) is 40.5 Å². The van der Waals surface area contributed by atoms with Crippen LogP contribution in [-0.2, 0) is 4.52 Å². The van der Waals surface area contributed by atoms with Gasteiger partial charge in [-0.15, -0.1) is 0 Å². The highest BCUT2D eigenvalue weighted by molar-refractivity contribution is 7.47. The molecular formula is C13H32N3OP. The zero-order valence-electron chi connectivity index (χ0n) is 12.9. The molecule has 0 aromatic carbocycles. The predicted molar refractivity (Wildman–Crippen MR) is 81.9 cm³/mol. The molecule has 1 N–H and O–H groups in total. The van der Waals surface area contributed by atoms with Gasteiger partial charge in [0.15, 0.2) is 8.45 Å². The number of rotatable bonds is 7. The molecule has 1 heterocycles. The lowest BCUT2D eigenvalue weighted by Gasteiger charge is -2.34. The average molecular weight is 277 g/mol. The third-order valence-electron chi connectivity index (χ3n) is 3.06. The van der Waals surface area contributed by atoms with Crippen LogP contribution in [0.3, 0.4) is 0 Å². The van der Waals surface area contributed by atoms with Crippen molar-refractivity contribution in [3.05, 3.63) is 0 Å². The van der Waals surface area contributed by atoms with Gasteiger partial charge < -0.3 is 9.84 Å². The summed E-state index contributed by atoms with van der Waals surface area (Å²) in [5, 5.41) is 3.22. The fraction of sp³-hybridized carbons (Fsp3) is 1.00. The van der Waals surface area contributed by atoms with Crippen LogP contribution in [0.2, 0.25) is 0 Å². The molecule has 110 valence electrons. The van der Waals surface area contributed by atoms with E-state index in [1.807, 2.05) is 7.11 Å². The molecular weight excluding hydrogens is 245 g/mol. The molecule has 1 saturated heterocycles. The van der Waals surface area contributed by atoms with Crippen molar-refractivity contribution in [3.63, 3.8) is 0 Å². The van der Waals surface area contributed by atoms with Crippen molar-refractivity contribution >= 4 is 8.45 Å². The molecule has 0 radical (unpaired) electrons. The minimum Gasteiger partial charge on any atom is -0.335 e. The number of nitrogens with zero attached hydrogens (tertiary/aromatic N) is 2. The standard InChI is InChI=1S/C9H23N2OP.C4H9N/c1-6-10(7-2)13(12-5)11(8-3)9-4;1-2-4-5-3-1/h6-9H2,1-5H3;5H,1-4H2. The smallest absolute Gasteiger partial charge is 0.187 e. The highest BCUT2D eigenvalue weighted by Crippen LogP contribution is 2.43. The first-order chi connectivity index (χ1) is 8.74. The Labute approximate surface area is 115 Å². The van der Waals surface area contributed by atoms with Gasteiger partial charge in [-0.3, -0.25) is 0 Å². The summed E-state index contributed by atoms with van der Waals surface area (Å²) in [7, 11) is 1.29. The van der Waals surface area contributed by atoms with Gasteiger partial charge in [0.2, 0.25) is 0 Å². The fourth-order valence-electron chi connectivity index (χ4n) is 1.97. The van der Waals surface area contributed by atoms with Crippen LogP contribution >= 0.6 is 8.45 Å². The first kappa shape index (κ1) is 18.3. The molecule has 1 fully saturated rings. The lowest BCUT2D eigenvalue weighted by molar-refractivity contribution is 0.313. The summed E-state index contributed by atoms with van der Waals surface area (Å²) < 4.78 is 10.3. The summed E-state index contributed by atoms with van der Waals surface area (Å²) in [6, 6.07) is 0. The quantitative estimate of drug-likeness (QED) is 0.724. The van der Waals surface area contributed by atoms with Gasteiger partial charge in [0.1, 0.15) is 0 Å². The molecule has 0 spiro atoms. The average Bonchev–Trinajstić information content (AvgIpc) is 2.98. The maximum Gasteiger partial charge on any atom is 0.187 e. The normalized spacial score (nSPS) is 15.3. The van der Waals surface area contributed by atoms with E-state index in [2.05, 4.69) is 42.4 Å². The van der Waals surface area contributed by atoms with Gasteiger partial charge >= 0.3 is 0 Å². The SMILES string of the molecule is C1CCNC1.CCN(CC)P(OC)N(CC)CC. The lowest BCUT2D eigenvalue weighted by Crippen LogP contribution is -2.29. The molecule has 0 saturated carbocycles. The van der Waals surface area contributed by atoms with E-state index >= 15 is 0 Å². The first-order valence-electron chi connectivity index (χ1n) is 7.29. The molecule has 0 amide bonds. The van der Waals surface area contributed by atoms with E-state index in [0.29, 0.717) is 0 Å². The Morgan fingerprint density at radius 3 is 1.44 bits per heavy atom. The zero-order chi connectivity index (χ0) is 13.8. The Kier molecular flexibility index (Phi) is 12.5. The second-order valence-electron chi connectivity index (χ2n) is 4.17. The molecule has 0 aromatic heterocycles. The molecule has 1 rings (SSSR count). The van der Waals surface area contributed by atoms with Crippen LogP contribution in [0.15, 0.2) is 0 Å². The van der Waals surface area contributed by atoms with Gasteiger partial charge in [-0.2, -0.15) is 0 Å². The summed E-state index contributed by atoms with van der Waals surface area (Å²) >= 11 is 0. The van der Waals surface area contributed by atoms with Crippen molar-refractivity contribution in [3.8, 4) is 0 Å². The number of hydrogen-bond donors (Lipinski definition) is 1. The Morgan fingerprint density at radius 2 is 1.28 bits per heavy atom.